The third kappa shape index (κ3) is 3.77. The van der Waals surface area contributed by atoms with Crippen molar-refractivity contribution in [3.63, 3.8) is 0 Å². The van der Waals surface area contributed by atoms with Crippen LogP contribution in [0.5, 0.6) is 0 Å². The van der Waals surface area contributed by atoms with Crippen molar-refractivity contribution in [2.24, 2.45) is 10.2 Å². The molecule has 2 aromatic carbocycles. The molecular formula is C18H22N2. The van der Waals surface area contributed by atoms with E-state index in [1.54, 1.807) is 0 Å². The molecule has 0 atom stereocenters. The van der Waals surface area contributed by atoms with Gasteiger partial charge in [-0.15, -0.1) is 0 Å². The molecule has 0 radical (unpaired) electrons. The summed E-state index contributed by atoms with van der Waals surface area (Å²) < 4.78 is 0. The fourth-order valence-electron chi connectivity index (χ4n) is 2.01. The van der Waals surface area contributed by atoms with E-state index in [-0.39, 0.29) is 0 Å². The van der Waals surface area contributed by atoms with Crippen LogP contribution in [0, 0.1) is 0 Å². The Kier molecular flexibility index (Phi) is 4.67. The first kappa shape index (κ1) is 14.4. The Morgan fingerprint density at radius 1 is 0.650 bits per heavy atom. The fraction of sp³-hybridized carbons (Fsp3) is 0.333. The molecule has 0 spiro atoms. The molecule has 2 heteroatoms. The number of rotatable bonds is 4. The van der Waals surface area contributed by atoms with Crippen LogP contribution in [-0.4, -0.2) is 0 Å². The molecule has 20 heavy (non-hydrogen) atoms. The highest BCUT2D eigenvalue weighted by Gasteiger charge is 2.01. The smallest absolute Gasteiger partial charge is 0.0859 e. The van der Waals surface area contributed by atoms with E-state index in [9.17, 15) is 0 Å². The van der Waals surface area contributed by atoms with Crippen molar-refractivity contribution in [3.05, 3.63) is 59.7 Å². The van der Waals surface area contributed by atoms with E-state index in [1.807, 2.05) is 24.3 Å². The topological polar surface area (TPSA) is 24.7 Å². The van der Waals surface area contributed by atoms with E-state index in [2.05, 4.69) is 62.2 Å². The van der Waals surface area contributed by atoms with E-state index >= 15 is 0 Å². The highest BCUT2D eigenvalue weighted by Crippen LogP contribution is 2.24. The molecule has 0 fully saturated rings. The van der Waals surface area contributed by atoms with Crippen LogP contribution in [0.25, 0.3) is 0 Å². The second kappa shape index (κ2) is 6.47. The first-order chi connectivity index (χ1) is 9.56. The van der Waals surface area contributed by atoms with Crippen molar-refractivity contribution in [3.8, 4) is 0 Å². The summed E-state index contributed by atoms with van der Waals surface area (Å²) in [4.78, 5) is 0. The largest absolute Gasteiger partial charge is 0.151 e. The lowest BCUT2D eigenvalue weighted by Crippen LogP contribution is -1.85. The third-order valence-electron chi connectivity index (χ3n) is 3.35. The van der Waals surface area contributed by atoms with Crippen LogP contribution in [-0.2, 0) is 0 Å². The maximum atomic E-state index is 4.34. The zero-order valence-corrected chi connectivity index (χ0v) is 12.7. The Bertz CT molecular complexity index is 544. The van der Waals surface area contributed by atoms with Gasteiger partial charge in [0.1, 0.15) is 0 Å². The molecule has 0 aromatic heterocycles. The van der Waals surface area contributed by atoms with Gasteiger partial charge in [-0.2, -0.15) is 10.2 Å². The Morgan fingerprint density at radius 3 is 1.40 bits per heavy atom. The van der Waals surface area contributed by atoms with Crippen LogP contribution in [0.15, 0.2) is 58.8 Å². The zero-order chi connectivity index (χ0) is 14.5. The molecule has 2 nitrogen and oxygen atoms in total. The Labute approximate surface area is 121 Å². The lowest BCUT2D eigenvalue weighted by molar-refractivity contribution is 0.865. The molecule has 0 heterocycles. The van der Waals surface area contributed by atoms with Crippen molar-refractivity contribution < 1.29 is 0 Å². The molecule has 0 bridgehead atoms. The minimum absolute atomic E-state index is 0.509. The number of benzene rings is 2. The van der Waals surface area contributed by atoms with Gasteiger partial charge in [0, 0.05) is 0 Å². The molecule has 0 saturated heterocycles. The maximum Gasteiger partial charge on any atom is 0.0859 e. The highest BCUT2D eigenvalue weighted by atomic mass is 15.1. The summed E-state index contributed by atoms with van der Waals surface area (Å²) in [5.41, 5.74) is 4.40. The van der Waals surface area contributed by atoms with Crippen LogP contribution in [0.1, 0.15) is 50.7 Å². The van der Waals surface area contributed by atoms with Crippen molar-refractivity contribution in [2.75, 3.05) is 0 Å². The summed E-state index contributed by atoms with van der Waals surface area (Å²) in [5.74, 6) is 1.02. The summed E-state index contributed by atoms with van der Waals surface area (Å²) in [6, 6.07) is 16.5. The monoisotopic (exact) mass is 266 g/mol. The normalized spacial score (nSPS) is 11.7. The summed E-state index contributed by atoms with van der Waals surface area (Å²) in [6.45, 7) is 8.73. The summed E-state index contributed by atoms with van der Waals surface area (Å²) >= 11 is 0. The third-order valence-corrected chi connectivity index (χ3v) is 3.35. The molecular weight excluding hydrogens is 244 g/mol. The average Bonchev–Trinajstić information content (AvgIpc) is 2.45. The van der Waals surface area contributed by atoms with E-state index in [1.165, 1.54) is 11.1 Å². The van der Waals surface area contributed by atoms with Crippen LogP contribution >= 0.6 is 0 Å². The first-order valence-electron chi connectivity index (χ1n) is 7.18. The quantitative estimate of drug-likeness (QED) is 0.576. The molecule has 104 valence electrons. The van der Waals surface area contributed by atoms with E-state index in [0.29, 0.717) is 11.8 Å². The van der Waals surface area contributed by atoms with Crippen molar-refractivity contribution in [1.29, 1.82) is 0 Å². The molecule has 0 aliphatic carbocycles. The van der Waals surface area contributed by atoms with Crippen molar-refractivity contribution >= 4 is 11.4 Å². The van der Waals surface area contributed by atoms with Gasteiger partial charge in [-0.1, -0.05) is 52.0 Å². The van der Waals surface area contributed by atoms with Crippen LogP contribution in [0.2, 0.25) is 0 Å². The fourth-order valence-corrected chi connectivity index (χ4v) is 2.01. The molecule has 0 N–H and O–H groups in total. The molecule has 0 aliphatic rings. The first-order valence-corrected chi connectivity index (χ1v) is 7.18. The van der Waals surface area contributed by atoms with Crippen LogP contribution in [0.3, 0.4) is 0 Å². The molecule has 0 aliphatic heterocycles. The molecule has 0 saturated carbocycles. The van der Waals surface area contributed by atoms with Gasteiger partial charge >= 0.3 is 0 Å². The number of hydrogen-bond donors (Lipinski definition) is 0. The lowest BCUT2D eigenvalue weighted by atomic mass is 10.0. The van der Waals surface area contributed by atoms with Gasteiger partial charge in [0.05, 0.1) is 11.4 Å². The minimum atomic E-state index is 0.509. The lowest BCUT2D eigenvalue weighted by Gasteiger charge is -2.06. The van der Waals surface area contributed by atoms with Crippen LogP contribution in [0.4, 0.5) is 11.4 Å². The molecule has 0 unspecified atom stereocenters. The predicted molar refractivity (Wildman–Crippen MR) is 85.2 cm³/mol. The van der Waals surface area contributed by atoms with E-state index in [0.717, 1.165) is 11.4 Å². The Morgan fingerprint density at radius 2 is 1.05 bits per heavy atom. The average molecular weight is 266 g/mol. The van der Waals surface area contributed by atoms with Crippen molar-refractivity contribution in [1.82, 2.24) is 0 Å². The standard InChI is InChI=1S/C18H22N2/c1-13(2)15-7-5-9-17(11-15)19-20-18-10-6-8-16(12-18)14(3)4/h5-14H,1-4H3. The van der Waals surface area contributed by atoms with Gasteiger partial charge in [-0.05, 0) is 47.2 Å². The summed E-state index contributed by atoms with van der Waals surface area (Å²) in [7, 11) is 0. The van der Waals surface area contributed by atoms with Gasteiger partial charge in [-0.25, -0.2) is 0 Å². The second-order valence-corrected chi connectivity index (χ2v) is 5.70. The Hall–Kier alpha value is -1.96. The van der Waals surface area contributed by atoms with Gasteiger partial charge in [0.15, 0.2) is 0 Å². The highest BCUT2D eigenvalue weighted by molar-refractivity contribution is 5.44. The van der Waals surface area contributed by atoms with Gasteiger partial charge < -0.3 is 0 Å². The van der Waals surface area contributed by atoms with Crippen LogP contribution < -0.4 is 0 Å². The molecule has 2 aromatic rings. The zero-order valence-electron chi connectivity index (χ0n) is 12.7. The number of nitrogens with zero attached hydrogens (tertiary/aromatic N) is 2. The Balaban J connectivity index is 2.21. The maximum absolute atomic E-state index is 4.34. The minimum Gasteiger partial charge on any atom is -0.151 e. The number of hydrogen-bond acceptors (Lipinski definition) is 2. The predicted octanol–water partition coefficient (Wildman–Crippen LogP) is 6.35. The van der Waals surface area contributed by atoms with Gasteiger partial charge in [0.25, 0.3) is 0 Å². The van der Waals surface area contributed by atoms with E-state index in [4.69, 9.17) is 0 Å². The van der Waals surface area contributed by atoms with Gasteiger partial charge in [0.2, 0.25) is 0 Å². The summed E-state index contributed by atoms with van der Waals surface area (Å²) in [6.07, 6.45) is 0. The van der Waals surface area contributed by atoms with Gasteiger partial charge in [-0.3, -0.25) is 0 Å². The number of azo groups is 1. The second-order valence-electron chi connectivity index (χ2n) is 5.70. The van der Waals surface area contributed by atoms with Crippen molar-refractivity contribution in [2.45, 2.75) is 39.5 Å². The SMILES string of the molecule is CC(C)c1cccc(N=Nc2cccc(C(C)C)c2)c1. The molecule has 0 amide bonds. The molecule has 2 rings (SSSR count). The van der Waals surface area contributed by atoms with E-state index < -0.39 is 0 Å². The summed E-state index contributed by atoms with van der Waals surface area (Å²) in [5, 5.41) is 8.69.